The summed E-state index contributed by atoms with van der Waals surface area (Å²) in [5.41, 5.74) is 0.244. The van der Waals surface area contributed by atoms with E-state index in [0.717, 1.165) is 0 Å². The fourth-order valence-electron chi connectivity index (χ4n) is 2.76. The van der Waals surface area contributed by atoms with Gasteiger partial charge in [0, 0.05) is 25.6 Å². The van der Waals surface area contributed by atoms with E-state index in [1.807, 2.05) is 0 Å². The van der Waals surface area contributed by atoms with Crippen molar-refractivity contribution >= 4 is 11.9 Å². The van der Waals surface area contributed by atoms with E-state index in [-0.39, 0.29) is 37.5 Å². The molecule has 1 aliphatic heterocycles. The number of likely N-dealkylation sites (tertiary alicyclic amines) is 1. The number of hydrogen-bond donors (Lipinski definition) is 1. The second kappa shape index (κ2) is 6.67. The van der Waals surface area contributed by atoms with E-state index < -0.39 is 23.7 Å². The second-order valence-electron chi connectivity index (χ2n) is 5.03. The zero-order valence-electron chi connectivity index (χ0n) is 11.8. The van der Waals surface area contributed by atoms with Crippen LogP contribution in [0.15, 0.2) is 24.3 Å². The van der Waals surface area contributed by atoms with Crippen molar-refractivity contribution in [2.24, 2.45) is 5.92 Å². The molecule has 0 spiro atoms. The summed E-state index contributed by atoms with van der Waals surface area (Å²) in [5, 5.41) is 9.40. The molecule has 1 aliphatic rings. The highest BCUT2D eigenvalue weighted by atomic mass is 19.1. The molecule has 0 saturated carbocycles. The van der Waals surface area contributed by atoms with E-state index in [9.17, 15) is 19.1 Å². The number of carbonyl (C=O) groups is 2. The second-order valence-corrected chi connectivity index (χ2v) is 5.03. The summed E-state index contributed by atoms with van der Waals surface area (Å²) in [6.45, 7) is 0.529. The maximum Gasteiger partial charge on any atom is 0.308 e. The van der Waals surface area contributed by atoms with Crippen LogP contribution in [-0.4, -0.2) is 42.1 Å². The first kappa shape index (κ1) is 15.4. The van der Waals surface area contributed by atoms with Crippen molar-refractivity contribution in [3.63, 3.8) is 0 Å². The fourth-order valence-corrected chi connectivity index (χ4v) is 2.76. The van der Waals surface area contributed by atoms with E-state index in [1.54, 1.807) is 12.1 Å². The Bertz CT molecular complexity index is 534. The molecule has 1 fully saturated rings. The van der Waals surface area contributed by atoms with Crippen LogP contribution in [0.1, 0.15) is 24.4 Å². The Morgan fingerprint density at radius 3 is 2.81 bits per heavy atom. The molecular weight excluding hydrogens is 277 g/mol. The minimum atomic E-state index is -1.02. The predicted octanol–water partition coefficient (Wildman–Crippen LogP) is 1.84. The van der Waals surface area contributed by atoms with Gasteiger partial charge in [0.05, 0.1) is 18.6 Å². The first-order chi connectivity index (χ1) is 10.1. The van der Waals surface area contributed by atoms with Crippen LogP contribution in [0, 0.1) is 11.7 Å². The van der Waals surface area contributed by atoms with Gasteiger partial charge in [0.25, 0.3) is 0 Å². The normalized spacial score (nSPS) is 22.4. The van der Waals surface area contributed by atoms with Gasteiger partial charge in [-0.3, -0.25) is 9.59 Å². The SMILES string of the molecule is COCCN1C(=O)CCC(C(=O)O)C1c1ccccc1F. The Balaban J connectivity index is 2.41. The van der Waals surface area contributed by atoms with Crippen molar-refractivity contribution in [2.45, 2.75) is 18.9 Å². The molecule has 21 heavy (non-hydrogen) atoms. The molecule has 0 aliphatic carbocycles. The lowest BCUT2D eigenvalue weighted by Crippen LogP contribution is -2.46. The monoisotopic (exact) mass is 295 g/mol. The number of carboxylic acid groups (broad SMARTS) is 1. The first-order valence-corrected chi connectivity index (χ1v) is 6.82. The van der Waals surface area contributed by atoms with Gasteiger partial charge in [-0.1, -0.05) is 18.2 Å². The Hall–Kier alpha value is -1.95. The summed E-state index contributed by atoms with van der Waals surface area (Å²) in [7, 11) is 1.50. The maximum atomic E-state index is 14.1. The Labute approximate surface area is 122 Å². The molecule has 1 amide bonds. The van der Waals surface area contributed by atoms with Crippen molar-refractivity contribution < 1.29 is 23.8 Å². The van der Waals surface area contributed by atoms with E-state index in [4.69, 9.17) is 4.74 Å². The number of amides is 1. The number of ether oxygens (including phenoxy) is 1. The topological polar surface area (TPSA) is 66.8 Å². The van der Waals surface area contributed by atoms with Gasteiger partial charge in [-0.05, 0) is 12.5 Å². The average Bonchev–Trinajstić information content (AvgIpc) is 2.46. The van der Waals surface area contributed by atoms with Gasteiger partial charge in [0.15, 0.2) is 0 Å². The van der Waals surface area contributed by atoms with E-state index >= 15 is 0 Å². The number of rotatable bonds is 5. The van der Waals surface area contributed by atoms with Crippen LogP contribution >= 0.6 is 0 Å². The molecule has 1 heterocycles. The molecular formula is C15H18FNO4. The number of hydrogen-bond acceptors (Lipinski definition) is 3. The molecule has 2 rings (SSSR count). The molecule has 0 aromatic heterocycles. The Morgan fingerprint density at radius 1 is 1.48 bits per heavy atom. The van der Waals surface area contributed by atoms with Crippen molar-refractivity contribution in [3.8, 4) is 0 Å². The highest BCUT2D eigenvalue weighted by molar-refractivity contribution is 5.81. The van der Waals surface area contributed by atoms with E-state index in [0.29, 0.717) is 0 Å². The Morgan fingerprint density at radius 2 is 2.19 bits per heavy atom. The molecule has 6 heteroatoms. The van der Waals surface area contributed by atoms with Gasteiger partial charge in [0.2, 0.25) is 5.91 Å². The molecule has 1 N–H and O–H groups in total. The maximum absolute atomic E-state index is 14.1. The summed E-state index contributed by atoms with van der Waals surface area (Å²) >= 11 is 0. The molecule has 1 saturated heterocycles. The lowest BCUT2D eigenvalue weighted by molar-refractivity contribution is -0.152. The minimum absolute atomic E-state index is 0.158. The smallest absolute Gasteiger partial charge is 0.308 e. The highest BCUT2D eigenvalue weighted by Gasteiger charge is 2.41. The lowest BCUT2D eigenvalue weighted by atomic mass is 9.84. The number of carboxylic acids is 1. The zero-order valence-corrected chi connectivity index (χ0v) is 11.8. The standard InChI is InChI=1S/C15H18FNO4/c1-21-9-8-17-13(18)7-6-11(15(19)20)14(17)10-4-2-3-5-12(10)16/h2-5,11,14H,6-9H2,1H3,(H,19,20). The predicted molar refractivity (Wildman–Crippen MR) is 73.1 cm³/mol. The Kier molecular flexibility index (Phi) is 4.90. The third-order valence-corrected chi connectivity index (χ3v) is 3.78. The molecule has 1 aromatic carbocycles. The van der Waals surface area contributed by atoms with Gasteiger partial charge in [-0.2, -0.15) is 0 Å². The lowest BCUT2D eigenvalue weighted by Gasteiger charge is -2.39. The minimum Gasteiger partial charge on any atom is -0.481 e. The number of piperidine rings is 1. The molecule has 0 bridgehead atoms. The summed E-state index contributed by atoms with van der Waals surface area (Å²) < 4.78 is 19.0. The quantitative estimate of drug-likeness (QED) is 0.900. The third-order valence-electron chi connectivity index (χ3n) is 3.78. The number of carbonyl (C=O) groups excluding carboxylic acids is 1. The summed E-state index contributed by atoms with van der Waals surface area (Å²) in [6.07, 6.45) is 0.377. The largest absolute Gasteiger partial charge is 0.481 e. The van der Waals surface area contributed by atoms with E-state index in [1.165, 1.54) is 24.1 Å². The van der Waals surface area contributed by atoms with Crippen LogP contribution < -0.4 is 0 Å². The average molecular weight is 295 g/mol. The van der Waals surface area contributed by atoms with Crippen molar-refractivity contribution in [1.82, 2.24) is 4.90 Å². The fraction of sp³-hybridized carbons (Fsp3) is 0.467. The molecule has 2 unspecified atom stereocenters. The van der Waals surface area contributed by atoms with Crippen molar-refractivity contribution in [1.29, 1.82) is 0 Å². The molecule has 1 aromatic rings. The van der Waals surface area contributed by atoms with Crippen molar-refractivity contribution in [2.75, 3.05) is 20.3 Å². The number of halogens is 1. The molecule has 114 valence electrons. The number of nitrogens with zero attached hydrogens (tertiary/aromatic N) is 1. The van der Waals surface area contributed by atoms with Crippen molar-refractivity contribution in [3.05, 3.63) is 35.6 Å². The van der Waals surface area contributed by atoms with Crippen LogP contribution in [-0.2, 0) is 14.3 Å². The van der Waals surface area contributed by atoms with Crippen LogP contribution in [0.3, 0.4) is 0 Å². The van der Waals surface area contributed by atoms with Crippen LogP contribution in [0.5, 0.6) is 0 Å². The third kappa shape index (κ3) is 3.21. The van der Waals surface area contributed by atoms with Gasteiger partial charge in [0.1, 0.15) is 5.82 Å². The van der Waals surface area contributed by atoms with Crippen LogP contribution in [0.25, 0.3) is 0 Å². The molecule has 2 atom stereocenters. The van der Waals surface area contributed by atoms with Gasteiger partial charge < -0.3 is 14.7 Å². The van der Waals surface area contributed by atoms with E-state index in [2.05, 4.69) is 0 Å². The zero-order chi connectivity index (χ0) is 15.4. The summed E-state index contributed by atoms with van der Waals surface area (Å²) in [4.78, 5) is 25.0. The number of benzene rings is 1. The highest BCUT2D eigenvalue weighted by Crippen LogP contribution is 2.37. The number of methoxy groups -OCH3 is 1. The van der Waals surface area contributed by atoms with Crippen LogP contribution in [0.4, 0.5) is 4.39 Å². The van der Waals surface area contributed by atoms with Gasteiger partial charge in [-0.15, -0.1) is 0 Å². The number of aliphatic carboxylic acids is 1. The van der Waals surface area contributed by atoms with Gasteiger partial charge in [-0.25, -0.2) is 4.39 Å². The van der Waals surface area contributed by atoms with Gasteiger partial charge >= 0.3 is 5.97 Å². The summed E-state index contributed by atoms with van der Waals surface area (Å²) in [5.74, 6) is -2.49. The van der Waals surface area contributed by atoms with Crippen LogP contribution in [0.2, 0.25) is 0 Å². The summed E-state index contributed by atoms with van der Waals surface area (Å²) in [6, 6.07) is 5.21. The molecule has 0 radical (unpaired) electrons. The molecule has 5 nitrogen and oxygen atoms in total. The first-order valence-electron chi connectivity index (χ1n) is 6.82.